The number of aliphatic hydroxyl groups is 1. The van der Waals surface area contributed by atoms with Gasteiger partial charge in [-0.15, -0.1) is 11.3 Å². The van der Waals surface area contributed by atoms with Gasteiger partial charge in [-0.3, -0.25) is 4.90 Å². The third-order valence-corrected chi connectivity index (χ3v) is 5.01. The number of aromatic amines is 1. The molecule has 124 valence electrons. The van der Waals surface area contributed by atoms with Crippen LogP contribution in [0.5, 0.6) is 0 Å². The van der Waals surface area contributed by atoms with Gasteiger partial charge in [-0.25, -0.2) is 4.98 Å². The van der Waals surface area contributed by atoms with Crippen LogP contribution in [0.15, 0.2) is 41.9 Å². The molecule has 0 bridgehead atoms. The first-order valence-corrected chi connectivity index (χ1v) is 9.02. The summed E-state index contributed by atoms with van der Waals surface area (Å²) in [5, 5.41) is 12.2. The lowest BCUT2D eigenvalue weighted by molar-refractivity contribution is -0.903. The second kappa shape index (κ2) is 8.40. The fraction of sp³-hybridized carbons (Fsp3) is 0.471. The summed E-state index contributed by atoms with van der Waals surface area (Å²) in [7, 11) is 0. The van der Waals surface area contributed by atoms with E-state index in [2.05, 4.69) is 28.1 Å². The van der Waals surface area contributed by atoms with E-state index in [0.717, 1.165) is 32.7 Å². The van der Waals surface area contributed by atoms with Crippen molar-refractivity contribution in [1.29, 1.82) is 0 Å². The van der Waals surface area contributed by atoms with Crippen LogP contribution < -0.4 is 14.8 Å². The summed E-state index contributed by atoms with van der Waals surface area (Å²) in [6.07, 6.45) is 1.57. The number of thiophene rings is 1. The zero-order chi connectivity index (χ0) is 15.9. The second-order valence-corrected chi connectivity index (χ2v) is 6.97. The topological polar surface area (TPSA) is 51.3 Å². The van der Waals surface area contributed by atoms with E-state index in [1.54, 1.807) is 11.3 Å². The molecule has 3 heterocycles. The van der Waals surface area contributed by atoms with E-state index in [4.69, 9.17) is 4.74 Å². The highest BCUT2D eigenvalue weighted by Crippen LogP contribution is 2.09. The van der Waals surface area contributed by atoms with Crippen molar-refractivity contribution in [2.75, 3.05) is 44.2 Å². The molecule has 5 nitrogen and oxygen atoms in total. The van der Waals surface area contributed by atoms with Crippen LogP contribution in [0.3, 0.4) is 0 Å². The molecular formula is C17H25N3O2S+2. The minimum absolute atomic E-state index is 0.389. The molecule has 3 rings (SSSR count). The standard InChI is InChI=1S/C17H23N3O2S/c21-15(13-22-14-16-4-3-11-23-16)12-19-7-9-20(10-8-19)17-5-1-2-6-18-17/h1-6,11,15,21H,7-10,12-14H2/p+2/t15-/m1/s1. The fourth-order valence-corrected chi connectivity index (χ4v) is 3.57. The molecule has 1 aliphatic rings. The van der Waals surface area contributed by atoms with Crippen molar-refractivity contribution in [2.45, 2.75) is 12.7 Å². The van der Waals surface area contributed by atoms with Gasteiger partial charge < -0.3 is 14.7 Å². The van der Waals surface area contributed by atoms with Gasteiger partial charge in [0.1, 0.15) is 38.8 Å². The summed E-state index contributed by atoms with van der Waals surface area (Å²) in [5.41, 5.74) is 0. The minimum Gasteiger partial charge on any atom is -0.385 e. The average molecular weight is 335 g/mol. The molecular weight excluding hydrogens is 310 g/mol. The Kier molecular flexibility index (Phi) is 5.99. The smallest absolute Gasteiger partial charge is 0.274 e. The van der Waals surface area contributed by atoms with Crippen molar-refractivity contribution < 1.29 is 19.7 Å². The number of hydrogen-bond acceptors (Lipinski definition) is 4. The largest absolute Gasteiger partial charge is 0.385 e. The van der Waals surface area contributed by atoms with E-state index in [1.807, 2.05) is 23.7 Å². The van der Waals surface area contributed by atoms with Crippen LogP contribution in [0, 0.1) is 0 Å². The molecule has 2 aromatic rings. The summed E-state index contributed by atoms with van der Waals surface area (Å²) >= 11 is 1.69. The summed E-state index contributed by atoms with van der Waals surface area (Å²) in [4.78, 5) is 8.30. The van der Waals surface area contributed by atoms with Crippen LogP contribution in [-0.4, -0.2) is 50.5 Å². The quantitative estimate of drug-likeness (QED) is 0.740. The van der Waals surface area contributed by atoms with Gasteiger partial charge >= 0.3 is 0 Å². The van der Waals surface area contributed by atoms with Gasteiger partial charge in [0.05, 0.1) is 19.4 Å². The van der Waals surface area contributed by atoms with Crippen molar-refractivity contribution in [3.8, 4) is 0 Å². The number of nitrogens with zero attached hydrogens (tertiary/aromatic N) is 1. The number of H-pyrrole nitrogens is 1. The molecule has 0 amide bonds. The molecule has 1 saturated heterocycles. The van der Waals surface area contributed by atoms with Gasteiger partial charge in [0.2, 0.25) is 0 Å². The van der Waals surface area contributed by atoms with Crippen molar-refractivity contribution in [3.63, 3.8) is 0 Å². The number of rotatable bonds is 7. The Morgan fingerprint density at radius 1 is 1.26 bits per heavy atom. The number of piperazine rings is 1. The third-order valence-electron chi connectivity index (χ3n) is 4.16. The Balaban J connectivity index is 1.35. The van der Waals surface area contributed by atoms with Gasteiger partial charge in [0.25, 0.3) is 5.82 Å². The number of ether oxygens (including phenoxy) is 1. The van der Waals surface area contributed by atoms with Crippen LogP contribution in [0.25, 0.3) is 0 Å². The number of hydrogen-bond donors (Lipinski definition) is 2. The zero-order valence-corrected chi connectivity index (χ0v) is 14.1. The number of quaternary nitrogens is 1. The molecule has 1 aliphatic heterocycles. The normalized spacial score (nSPS) is 17.3. The third kappa shape index (κ3) is 5.00. The summed E-state index contributed by atoms with van der Waals surface area (Å²) in [6, 6.07) is 10.2. The Hall–Kier alpha value is -1.47. The first kappa shape index (κ1) is 16.4. The lowest BCUT2D eigenvalue weighted by atomic mass is 10.2. The van der Waals surface area contributed by atoms with E-state index < -0.39 is 0 Å². The molecule has 1 atom stereocenters. The predicted molar refractivity (Wildman–Crippen MR) is 90.8 cm³/mol. The Labute approximate surface area is 141 Å². The molecule has 2 aromatic heterocycles. The Morgan fingerprint density at radius 3 is 2.83 bits per heavy atom. The van der Waals surface area contributed by atoms with Gasteiger partial charge in [0.15, 0.2) is 0 Å². The Morgan fingerprint density at radius 2 is 2.13 bits per heavy atom. The maximum absolute atomic E-state index is 10.2. The molecule has 23 heavy (non-hydrogen) atoms. The second-order valence-electron chi connectivity index (χ2n) is 5.94. The maximum Gasteiger partial charge on any atom is 0.274 e. The number of aliphatic hydroxyl groups excluding tert-OH is 1. The van der Waals surface area contributed by atoms with E-state index in [9.17, 15) is 5.11 Å². The van der Waals surface area contributed by atoms with Gasteiger partial charge in [-0.2, -0.15) is 0 Å². The van der Waals surface area contributed by atoms with Crippen LogP contribution in [0.1, 0.15) is 4.88 Å². The first-order chi connectivity index (χ1) is 11.3. The molecule has 1 fully saturated rings. The molecule has 3 N–H and O–H groups in total. The minimum atomic E-state index is -0.389. The molecule has 0 radical (unpaired) electrons. The fourth-order valence-electron chi connectivity index (χ4n) is 2.93. The van der Waals surface area contributed by atoms with Crippen molar-refractivity contribution in [1.82, 2.24) is 0 Å². The number of anilines is 1. The monoisotopic (exact) mass is 335 g/mol. The molecule has 0 saturated carbocycles. The van der Waals surface area contributed by atoms with E-state index >= 15 is 0 Å². The number of pyridine rings is 1. The Bertz CT molecular complexity index is 556. The van der Waals surface area contributed by atoms with E-state index in [-0.39, 0.29) is 6.10 Å². The van der Waals surface area contributed by atoms with Crippen molar-refractivity contribution >= 4 is 17.2 Å². The van der Waals surface area contributed by atoms with E-state index in [0.29, 0.717) is 13.2 Å². The van der Waals surface area contributed by atoms with Crippen molar-refractivity contribution in [2.24, 2.45) is 0 Å². The van der Waals surface area contributed by atoms with Crippen LogP contribution >= 0.6 is 11.3 Å². The van der Waals surface area contributed by atoms with Crippen LogP contribution in [0.4, 0.5) is 5.82 Å². The molecule has 0 aliphatic carbocycles. The first-order valence-electron chi connectivity index (χ1n) is 8.14. The summed E-state index contributed by atoms with van der Waals surface area (Å²) < 4.78 is 5.60. The summed E-state index contributed by atoms with van der Waals surface area (Å²) in [6.45, 7) is 5.89. The average Bonchev–Trinajstić information content (AvgIpc) is 3.10. The lowest BCUT2D eigenvalue weighted by Gasteiger charge is -2.29. The lowest BCUT2D eigenvalue weighted by Crippen LogP contribution is -3.16. The number of nitrogens with one attached hydrogen (secondary N) is 2. The molecule has 0 unspecified atom stereocenters. The van der Waals surface area contributed by atoms with Crippen LogP contribution in [0.2, 0.25) is 0 Å². The molecule has 0 spiro atoms. The highest BCUT2D eigenvalue weighted by molar-refractivity contribution is 7.09. The number of aromatic nitrogens is 1. The highest BCUT2D eigenvalue weighted by Gasteiger charge is 2.27. The summed E-state index contributed by atoms with van der Waals surface area (Å²) in [5.74, 6) is 1.17. The molecule has 0 aromatic carbocycles. The zero-order valence-electron chi connectivity index (χ0n) is 13.3. The predicted octanol–water partition coefficient (Wildman–Crippen LogP) is -0.155. The van der Waals surface area contributed by atoms with Gasteiger partial charge in [-0.05, 0) is 17.5 Å². The van der Waals surface area contributed by atoms with Gasteiger partial charge in [0, 0.05) is 10.9 Å². The highest BCUT2D eigenvalue weighted by atomic mass is 32.1. The van der Waals surface area contributed by atoms with E-state index in [1.165, 1.54) is 15.6 Å². The SMILES string of the molecule is O[C@@H](COCc1cccs1)C[NH+]1CCN(c2cccc[nH+]2)CC1. The van der Waals surface area contributed by atoms with Gasteiger partial charge in [-0.1, -0.05) is 12.1 Å². The molecule has 6 heteroatoms. The maximum atomic E-state index is 10.2. The van der Waals surface area contributed by atoms with Crippen LogP contribution in [-0.2, 0) is 11.3 Å². The van der Waals surface area contributed by atoms with Crippen molar-refractivity contribution in [3.05, 3.63) is 46.8 Å².